The number of aromatic nitrogens is 3. The first kappa shape index (κ1) is 17.3. The van der Waals surface area contributed by atoms with Crippen LogP contribution in [0.2, 0.25) is 5.02 Å². The third-order valence-electron chi connectivity index (χ3n) is 3.28. The molecule has 0 spiro atoms. The number of amides is 1. The molecular formula is C15H10Cl4N4O. The zero-order chi connectivity index (χ0) is 17.3. The van der Waals surface area contributed by atoms with Gasteiger partial charge in [-0.1, -0.05) is 69.8 Å². The summed E-state index contributed by atoms with van der Waals surface area (Å²) in [6.45, 7) is -0.0190. The first-order valence-electron chi connectivity index (χ1n) is 6.79. The predicted octanol–water partition coefficient (Wildman–Crippen LogP) is 4.55. The molecule has 0 saturated heterocycles. The molecule has 0 radical (unpaired) electrons. The SMILES string of the molecule is O=C(Cn1nnc2ccccc21)Nc1cc(C(Cl)(Cl)Cl)ccc1Cl. The van der Waals surface area contributed by atoms with E-state index in [2.05, 4.69) is 15.6 Å². The third-order valence-corrected chi connectivity index (χ3v) is 4.27. The summed E-state index contributed by atoms with van der Waals surface area (Å²) in [6, 6.07) is 12.0. The number of carbonyl (C=O) groups excluding carboxylic acids is 1. The molecular weight excluding hydrogens is 394 g/mol. The molecule has 0 saturated carbocycles. The number of rotatable bonds is 3. The van der Waals surface area contributed by atoms with E-state index in [1.165, 1.54) is 10.7 Å². The van der Waals surface area contributed by atoms with Crippen LogP contribution in [-0.4, -0.2) is 20.9 Å². The Morgan fingerprint density at radius 1 is 1.17 bits per heavy atom. The Hall–Kier alpha value is -1.53. The minimum Gasteiger partial charge on any atom is -0.323 e. The molecule has 2 aromatic carbocycles. The summed E-state index contributed by atoms with van der Waals surface area (Å²) in [4.78, 5) is 12.3. The van der Waals surface area contributed by atoms with Gasteiger partial charge >= 0.3 is 0 Å². The minimum absolute atomic E-state index is 0.0190. The normalized spacial score (nSPS) is 11.7. The van der Waals surface area contributed by atoms with Crippen molar-refractivity contribution < 1.29 is 4.79 Å². The van der Waals surface area contributed by atoms with Crippen molar-refractivity contribution in [2.75, 3.05) is 5.32 Å². The highest BCUT2D eigenvalue weighted by molar-refractivity contribution is 6.66. The number of anilines is 1. The smallest absolute Gasteiger partial charge is 0.246 e. The van der Waals surface area contributed by atoms with Crippen LogP contribution in [-0.2, 0) is 15.1 Å². The maximum atomic E-state index is 12.3. The quantitative estimate of drug-likeness (QED) is 0.652. The van der Waals surface area contributed by atoms with Crippen LogP contribution in [0.25, 0.3) is 11.0 Å². The van der Waals surface area contributed by atoms with Crippen molar-refractivity contribution >= 4 is 69.0 Å². The number of fused-ring (bicyclic) bond motifs is 1. The number of carbonyl (C=O) groups is 1. The van der Waals surface area contributed by atoms with Gasteiger partial charge in [-0.05, 0) is 24.3 Å². The second kappa shape index (κ2) is 6.76. The highest BCUT2D eigenvalue weighted by atomic mass is 35.6. The molecule has 0 aliphatic carbocycles. The van der Waals surface area contributed by atoms with Crippen LogP contribution < -0.4 is 5.32 Å². The van der Waals surface area contributed by atoms with Crippen molar-refractivity contribution in [2.45, 2.75) is 10.3 Å². The van der Waals surface area contributed by atoms with E-state index in [9.17, 15) is 4.79 Å². The van der Waals surface area contributed by atoms with Gasteiger partial charge in [-0.2, -0.15) is 0 Å². The summed E-state index contributed by atoms with van der Waals surface area (Å²) in [5, 5.41) is 11.0. The predicted molar refractivity (Wildman–Crippen MR) is 96.8 cm³/mol. The second-order valence-electron chi connectivity index (χ2n) is 4.98. The van der Waals surface area contributed by atoms with Crippen LogP contribution in [0, 0.1) is 0 Å². The third kappa shape index (κ3) is 3.75. The monoisotopic (exact) mass is 402 g/mol. The van der Waals surface area contributed by atoms with Gasteiger partial charge in [-0.15, -0.1) is 5.10 Å². The van der Waals surface area contributed by atoms with E-state index in [-0.39, 0.29) is 12.5 Å². The maximum Gasteiger partial charge on any atom is 0.246 e. The Morgan fingerprint density at radius 2 is 1.92 bits per heavy atom. The molecule has 5 nitrogen and oxygen atoms in total. The molecule has 24 heavy (non-hydrogen) atoms. The molecule has 3 aromatic rings. The van der Waals surface area contributed by atoms with Crippen molar-refractivity contribution in [3.05, 3.63) is 53.1 Å². The largest absolute Gasteiger partial charge is 0.323 e. The highest BCUT2D eigenvalue weighted by Crippen LogP contribution is 2.40. The Bertz CT molecular complexity index is 904. The van der Waals surface area contributed by atoms with Gasteiger partial charge in [0.25, 0.3) is 0 Å². The van der Waals surface area contributed by atoms with Gasteiger partial charge in [-0.3, -0.25) is 4.79 Å². The Kier molecular flexibility index (Phi) is 4.88. The standard InChI is InChI=1S/C15H10Cl4N4O/c16-10-6-5-9(15(17,18)19)7-12(10)20-14(24)8-23-13-4-2-1-3-11(13)21-22-23/h1-7H,8H2,(H,20,24). The van der Waals surface area contributed by atoms with Crippen molar-refractivity contribution in [2.24, 2.45) is 0 Å². The number of nitrogens with one attached hydrogen (secondary N) is 1. The summed E-state index contributed by atoms with van der Waals surface area (Å²) in [5.41, 5.74) is 2.23. The van der Waals surface area contributed by atoms with E-state index >= 15 is 0 Å². The number of alkyl halides is 3. The number of para-hydroxylation sites is 1. The average Bonchev–Trinajstić information content (AvgIpc) is 2.91. The van der Waals surface area contributed by atoms with Gasteiger partial charge in [0.05, 0.1) is 16.2 Å². The molecule has 124 valence electrons. The second-order valence-corrected chi connectivity index (χ2v) is 7.66. The van der Waals surface area contributed by atoms with Gasteiger partial charge < -0.3 is 5.32 Å². The van der Waals surface area contributed by atoms with Crippen LogP contribution in [0.3, 0.4) is 0 Å². The molecule has 0 unspecified atom stereocenters. The number of nitrogens with zero attached hydrogens (tertiary/aromatic N) is 3. The zero-order valence-corrected chi connectivity index (χ0v) is 15.0. The number of hydrogen-bond acceptors (Lipinski definition) is 3. The van der Waals surface area contributed by atoms with E-state index < -0.39 is 3.79 Å². The Balaban J connectivity index is 1.80. The van der Waals surface area contributed by atoms with Crippen LogP contribution >= 0.6 is 46.4 Å². The molecule has 1 amide bonds. The summed E-state index contributed by atoms with van der Waals surface area (Å²) in [6.07, 6.45) is 0. The lowest BCUT2D eigenvalue weighted by Crippen LogP contribution is -2.20. The fourth-order valence-corrected chi connectivity index (χ4v) is 2.67. The number of benzene rings is 2. The topological polar surface area (TPSA) is 59.8 Å². The van der Waals surface area contributed by atoms with Crippen LogP contribution in [0.1, 0.15) is 5.56 Å². The summed E-state index contributed by atoms with van der Waals surface area (Å²) < 4.78 is -0.108. The molecule has 1 heterocycles. The van der Waals surface area contributed by atoms with E-state index in [1.54, 1.807) is 12.1 Å². The van der Waals surface area contributed by atoms with Gasteiger partial charge in [0.1, 0.15) is 12.1 Å². The lowest BCUT2D eigenvalue weighted by atomic mass is 10.2. The fraction of sp³-hybridized carbons (Fsp3) is 0.133. The van der Waals surface area contributed by atoms with Crippen LogP contribution in [0.15, 0.2) is 42.5 Å². The molecule has 0 aliphatic rings. The molecule has 1 N–H and O–H groups in total. The van der Waals surface area contributed by atoms with E-state index in [4.69, 9.17) is 46.4 Å². The molecule has 0 atom stereocenters. The summed E-state index contributed by atoms with van der Waals surface area (Å²) >= 11 is 23.6. The molecule has 3 rings (SSSR count). The van der Waals surface area contributed by atoms with Gasteiger partial charge in [-0.25, -0.2) is 4.68 Å². The highest BCUT2D eigenvalue weighted by Gasteiger charge is 2.24. The minimum atomic E-state index is -1.60. The molecule has 0 bridgehead atoms. The van der Waals surface area contributed by atoms with Gasteiger partial charge in [0, 0.05) is 5.56 Å². The molecule has 9 heteroatoms. The lowest BCUT2D eigenvalue weighted by molar-refractivity contribution is -0.116. The summed E-state index contributed by atoms with van der Waals surface area (Å²) in [7, 11) is 0. The first-order chi connectivity index (χ1) is 11.3. The van der Waals surface area contributed by atoms with Crippen LogP contribution in [0.4, 0.5) is 5.69 Å². The average molecular weight is 404 g/mol. The Labute approximate surface area is 157 Å². The molecule has 1 aromatic heterocycles. The zero-order valence-electron chi connectivity index (χ0n) is 12.0. The number of hydrogen-bond donors (Lipinski definition) is 1. The lowest BCUT2D eigenvalue weighted by Gasteiger charge is -2.14. The first-order valence-corrected chi connectivity index (χ1v) is 8.30. The Morgan fingerprint density at radius 3 is 2.67 bits per heavy atom. The van der Waals surface area contributed by atoms with Crippen LogP contribution in [0.5, 0.6) is 0 Å². The van der Waals surface area contributed by atoms with E-state index in [1.807, 2.05) is 24.3 Å². The molecule has 0 fully saturated rings. The van der Waals surface area contributed by atoms with Crippen molar-refractivity contribution in [3.63, 3.8) is 0 Å². The van der Waals surface area contributed by atoms with Gasteiger partial charge in [0.2, 0.25) is 9.70 Å². The van der Waals surface area contributed by atoms with Crippen molar-refractivity contribution in [3.8, 4) is 0 Å². The van der Waals surface area contributed by atoms with Crippen molar-refractivity contribution in [1.29, 1.82) is 0 Å². The van der Waals surface area contributed by atoms with Crippen molar-refractivity contribution in [1.82, 2.24) is 15.0 Å². The number of halogens is 4. The van der Waals surface area contributed by atoms with E-state index in [0.717, 1.165) is 5.52 Å². The fourth-order valence-electron chi connectivity index (χ4n) is 2.16. The summed E-state index contributed by atoms with van der Waals surface area (Å²) in [5.74, 6) is -0.325. The van der Waals surface area contributed by atoms with Gasteiger partial charge in [0.15, 0.2) is 0 Å². The maximum absolute atomic E-state index is 12.3. The molecule has 0 aliphatic heterocycles. The van der Waals surface area contributed by atoms with E-state index in [0.29, 0.717) is 21.8 Å².